The number of halogens is 1. The maximum atomic E-state index is 11.0. The molecule has 1 heterocycles. The number of rotatable bonds is 3. The Labute approximate surface area is 130 Å². The zero-order valence-corrected chi connectivity index (χ0v) is 12.7. The molecule has 0 aromatic heterocycles. The summed E-state index contributed by atoms with van der Waals surface area (Å²) in [5.41, 5.74) is 3.07. The Balaban J connectivity index is 1.88. The van der Waals surface area contributed by atoms with Crippen molar-refractivity contribution in [1.29, 1.82) is 0 Å². The lowest BCUT2D eigenvalue weighted by atomic mass is 9.99. The fraction of sp³-hybridized carbons (Fsp3) is 0.200. The second-order valence-electron chi connectivity index (χ2n) is 4.83. The number of nitrogens with zero attached hydrogens (tertiary/aromatic N) is 1. The highest BCUT2D eigenvalue weighted by atomic mass is 79.9. The van der Waals surface area contributed by atoms with Gasteiger partial charge in [-0.1, -0.05) is 24.3 Å². The average Bonchev–Trinajstić information content (AvgIpc) is 2.49. The van der Waals surface area contributed by atoms with E-state index in [4.69, 9.17) is 4.74 Å². The summed E-state index contributed by atoms with van der Waals surface area (Å²) < 4.78 is 6.05. The molecule has 0 fully saturated rings. The molecule has 0 saturated heterocycles. The molecule has 0 spiro atoms. The van der Waals surface area contributed by atoms with E-state index in [1.54, 1.807) is 6.07 Å². The standard InChI is InChI=1S/C15H13BrN2O3/c16-13-6-5-11(7-15(13)18(19)20)17-14-9-21-8-10-3-1-2-4-12(10)14/h1-7,14,17H,8-9H2. The van der Waals surface area contributed by atoms with Gasteiger partial charge < -0.3 is 10.1 Å². The van der Waals surface area contributed by atoms with Crippen LogP contribution in [0.3, 0.4) is 0 Å². The first kappa shape index (κ1) is 14.0. The molecule has 21 heavy (non-hydrogen) atoms. The fourth-order valence-electron chi connectivity index (χ4n) is 2.45. The van der Waals surface area contributed by atoms with Gasteiger partial charge in [-0.2, -0.15) is 0 Å². The first-order valence-electron chi connectivity index (χ1n) is 6.51. The molecule has 1 unspecified atom stereocenters. The lowest BCUT2D eigenvalue weighted by Crippen LogP contribution is -2.23. The Morgan fingerprint density at radius 1 is 1.29 bits per heavy atom. The van der Waals surface area contributed by atoms with Crippen LogP contribution in [0.25, 0.3) is 0 Å². The van der Waals surface area contributed by atoms with Gasteiger partial charge in [0.25, 0.3) is 5.69 Å². The van der Waals surface area contributed by atoms with Crippen LogP contribution in [-0.4, -0.2) is 11.5 Å². The zero-order valence-electron chi connectivity index (χ0n) is 11.1. The predicted molar refractivity (Wildman–Crippen MR) is 83.3 cm³/mol. The molecule has 5 nitrogen and oxygen atoms in total. The van der Waals surface area contributed by atoms with E-state index in [0.29, 0.717) is 23.4 Å². The Morgan fingerprint density at radius 2 is 2.10 bits per heavy atom. The van der Waals surface area contributed by atoms with E-state index in [0.717, 1.165) is 5.56 Å². The van der Waals surface area contributed by atoms with Crippen LogP contribution in [0.4, 0.5) is 11.4 Å². The molecule has 2 aromatic carbocycles. The van der Waals surface area contributed by atoms with E-state index in [-0.39, 0.29) is 11.7 Å². The molecule has 108 valence electrons. The quantitative estimate of drug-likeness (QED) is 0.671. The number of benzene rings is 2. The largest absolute Gasteiger partial charge is 0.376 e. The third kappa shape index (κ3) is 2.91. The SMILES string of the molecule is O=[N+]([O-])c1cc(NC2COCc3ccccc32)ccc1Br. The topological polar surface area (TPSA) is 64.4 Å². The summed E-state index contributed by atoms with van der Waals surface area (Å²) in [7, 11) is 0. The van der Waals surface area contributed by atoms with Crippen molar-refractivity contribution in [1.82, 2.24) is 0 Å². The lowest BCUT2D eigenvalue weighted by molar-refractivity contribution is -0.385. The van der Waals surface area contributed by atoms with Gasteiger partial charge in [0.2, 0.25) is 0 Å². The normalized spacial score (nSPS) is 17.1. The number of hydrogen-bond acceptors (Lipinski definition) is 4. The van der Waals surface area contributed by atoms with Crippen molar-refractivity contribution in [2.45, 2.75) is 12.6 Å². The van der Waals surface area contributed by atoms with Crippen molar-refractivity contribution in [2.24, 2.45) is 0 Å². The average molecular weight is 349 g/mol. The lowest BCUT2D eigenvalue weighted by Gasteiger charge is -2.27. The summed E-state index contributed by atoms with van der Waals surface area (Å²) in [5, 5.41) is 14.3. The van der Waals surface area contributed by atoms with E-state index >= 15 is 0 Å². The summed E-state index contributed by atoms with van der Waals surface area (Å²) in [4.78, 5) is 10.6. The van der Waals surface area contributed by atoms with Crippen LogP contribution in [0.2, 0.25) is 0 Å². The molecule has 6 heteroatoms. The molecule has 2 aromatic rings. The third-order valence-electron chi connectivity index (χ3n) is 3.46. The molecule has 0 aliphatic carbocycles. The maximum Gasteiger partial charge on any atom is 0.285 e. The second-order valence-corrected chi connectivity index (χ2v) is 5.69. The minimum atomic E-state index is -0.402. The molecule has 3 rings (SSSR count). The summed E-state index contributed by atoms with van der Waals surface area (Å²) >= 11 is 3.19. The van der Waals surface area contributed by atoms with Gasteiger partial charge in [-0.05, 0) is 39.2 Å². The van der Waals surface area contributed by atoms with Crippen molar-refractivity contribution < 1.29 is 9.66 Å². The number of nitrogens with one attached hydrogen (secondary N) is 1. The van der Waals surface area contributed by atoms with E-state index in [9.17, 15) is 10.1 Å². The first-order chi connectivity index (χ1) is 10.1. The fourth-order valence-corrected chi connectivity index (χ4v) is 2.84. The second kappa shape index (κ2) is 5.83. The minimum Gasteiger partial charge on any atom is -0.376 e. The highest BCUT2D eigenvalue weighted by Crippen LogP contribution is 2.32. The number of hydrogen-bond donors (Lipinski definition) is 1. The van der Waals surface area contributed by atoms with Gasteiger partial charge in [0.05, 0.1) is 28.7 Å². The molecule has 1 aliphatic rings. The van der Waals surface area contributed by atoms with Gasteiger partial charge in [-0.15, -0.1) is 0 Å². The minimum absolute atomic E-state index is 0.00395. The zero-order chi connectivity index (χ0) is 14.8. The number of ether oxygens (including phenoxy) is 1. The van der Waals surface area contributed by atoms with Crippen molar-refractivity contribution in [3.63, 3.8) is 0 Å². The Morgan fingerprint density at radius 3 is 2.90 bits per heavy atom. The predicted octanol–water partition coefficient (Wildman–Crippen LogP) is 4.04. The van der Waals surface area contributed by atoms with Crippen molar-refractivity contribution in [2.75, 3.05) is 11.9 Å². The highest BCUT2D eigenvalue weighted by Gasteiger charge is 2.21. The maximum absolute atomic E-state index is 11.0. The Hall–Kier alpha value is -1.92. The first-order valence-corrected chi connectivity index (χ1v) is 7.30. The molecule has 1 N–H and O–H groups in total. The van der Waals surface area contributed by atoms with Gasteiger partial charge >= 0.3 is 0 Å². The van der Waals surface area contributed by atoms with Crippen LogP contribution in [0, 0.1) is 10.1 Å². The molecular weight excluding hydrogens is 336 g/mol. The van der Waals surface area contributed by atoms with Crippen LogP contribution in [0.5, 0.6) is 0 Å². The number of nitro benzene ring substituents is 1. The smallest absolute Gasteiger partial charge is 0.285 e. The van der Waals surface area contributed by atoms with Crippen LogP contribution >= 0.6 is 15.9 Å². The summed E-state index contributed by atoms with van der Waals surface area (Å²) in [6, 6.07) is 13.1. The van der Waals surface area contributed by atoms with Gasteiger partial charge in [-0.3, -0.25) is 10.1 Å². The number of anilines is 1. The van der Waals surface area contributed by atoms with Gasteiger partial charge in [0.1, 0.15) is 0 Å². The molecule has 0 radical (unpaired) electrons. The molecule has 0 bridgehead atoms. The molecule has 1 aliphatic heterocycles. The van der Waals surface area contributed by atoms with Crippen LogP contribution in [-0.2, 0) is 11.3 Å². The van der Waals surface area contributed by atoms with E-state index in [1.165, 1.54) is 11.6 Å². The van der Waals surface area contributed by atoms with Crippen LogP contribution < -0.4 is 5.32 Å². The van der Waals surface area contributed by atoms with Crippen molar-refractivity contribution in [3.8, 4) is 0 Å². The summed E-state index contributed by atoms with van der Waals surface area (Å²) in [5.74, 6) is 0. The van der Waals surface area contributed by atoms with Crippen LogP contribution in [0.15, 0.2) is 46.9 Å². The summed E-state index contributed by atoms with van der Waals surface area (Å²) in [6.07, 6.45) is 0. The van der Waals surface area contributed by atoms with Gasteiger partial charge in [-0.25, -0.2) is 0 Å². The van der Waals surface area contributed by atoms with Crippen molar-refractivity contribution >= 4 is 27.3 Å². The monoisotopic (exact) mass is 348 g/mol. The molecule has 1 atom stereocenters. The van der Waals surface area contributed by atoms with Crippen LogP contribution in [0.1, 0.15) is 17.2 Å². The summed E-state index contributed by atoms with van der Waals surface area (Å²) in [6.45, 7) is 1.15. The van der Waals surface area contributed by atoms with E-state index < -0.39 is 4.92 Å². The highest BCUT2D eigenvalue weighted by molar-refractivity contribution is 9.10. The van der Waals surface area contributed by atoms with Gasteiger partial charge in [0.15, 0.2) is 0 Å². The molecule has 0 saturated carbocycles. The molecule has 0 amide bonds. The number of nitro groups is 1. The molecular formula is C15H13BrN2O3. The Kier molecular flexibility index (Phi) is 3.90. The van der Waals surface area contributed by atoms with E-state index in [1.807, 2.05) is 24.3 Å². The number of fused-ring (bicyclic) bond motifs is 1. The van der Waals surface area contributed by atoms with E-state index in [2.05, 4.69) is 27.3 Å². The third-order valence-corrected chi connectivity index (χ3v) is 4.13. The Bertz CT molecular complexity index is 690. The van der Waals surface area contributed by atoms with Crippen molar-refractivity contribution in [3.05, 3.63) is 68.2 Å². The van der Waals surface area contributed by atoms with Gasteiger partial charge in [0, 0.05) is 11.8 Å².